The fourth-order valence-electron chi connectivity index (χ4n) is 4.29. The molecule has 1 saturated carbocycles. The van der Waals surface area contributed by atoms with Crippen molar-refractivity contribution in [2.24, 2.45) is 11.7 Å². The quantitative estimate of drug-likeness (QED) is 0.683. The van der Waals surface area contributed by atoms with Gasteiger partial charge in [-0.1, -0.05) is 48.0 Å². The van der Waals surface area contributed by atoms with Crippen molar-refractivity contribution in [3.8, 4) is 0 Å². The van der Waals surface area contributed by atoms with Crippen LogP contribution in [0.5, 0.6) is 0 Å². The van der Waals surface area contributed by atoms with Crippen LogP contribution in [0.3, 0.4) is 0 Å². The molecule has 0 spiro atoms. The summed E-state index contributed by atoms with van der Waals surface area (Å²) in [7, 11) is 0. The largest absolute Gasteiger partial charge is 0.321 e. The third-order valence-electron chi connectivity index (χ3n) is 6.16. The molecule has 1 aliphatic carbocycles. The molecule has 3 aromatic rings. The van der Waals surface area contributed by atoms with Gasteiger partial charge in [-0.3, -0.25) is 9.69 Å². The summed E-state index contributed by atoms with van der Waals surface area (Å²) in [5, 5.41) is 3.00. The van der Waals surface area contributed by atoms with Crippen LogP contribution in [-0.2, 0) is 6.54 Å². The molecule has 1 saturated heterocycles. The van der Waals surface area contributed by atoms with Crippen molar-refractivity contribution in [1.82, 2.24) is 14.6 Å². The van der Waals surface area contributed by atoms with Crippen molar-refractivity contribution in [2.45, 2.75) is 25.4 Å². The average Bonchev–Trinajstić information content (AvgIpc) is 3.60. The Bertz CT molecular complexity index is 1100. The van der Waals surface area contributed by atoms with Gasteiger partial charge in [0.1, 0.15) is 5.82 Å². The number of benzene rings is 2. The van der Waals surface area contributed by atoms with E-state index in [4.69, 9.17) is 22.3 Å². The lowest BCUT2D eigenvalue weighted by Gasteiger charge is -2.38. The summed E-state index contributed by atoms with van der Waals surface area (Å²) in [6.07, 6.45) is 2.19. The second-order valence-corrected chi connectivity index (χ2v) is 8.71. The van der Waals surface area contributed by atoms with E-state index < -0.39 is 0 Å². The Kier molecular flexibility index (Phi) is 5.23. The minimum absolute atomic E-state index is 0.117. The SMILES string of the molecule is N[C@H](c1nc2cccc(Cl)c2c(=O)n1N1CCN(Cc2ccccc2)CC1)C1CC1. The van der Waals surface area contributed by atoms with Crippen molar-refractivity contribution in [2.75, 3.05) is 31.2 Å². The maximum atomic E-state index is 13.5. The van der Waals surface area contributed by atoms with Gasteiger partial charge in [0, 0.05) is 32.7 Å². The Morgan fingerprint density at radius 3 is 2.47 bits per heavy atom. The number of aromatic nitrogens is 2. The van der Waals surface area contributed by atoms with Gasteiger partial charge in [0.15, 0.2) is 0 Å². The first-order chi connectivity index (χ1) is 14.6. The van der Waals surface area contributed by atoms with Gasteiger partial charge in [-0.25, -0.2) is 9.66 Å². The van der Waals surface area contributed by atoms with Gasteiger partial charge in [-0.15, -0.1) is 0 Å². The number of hydrogen-bond acceptors (Lipinski definition) is 5. The van der Waals surface area contributed by atoms with Gasteiger partial charge in [0.2, 0.25) is 0 Å². The molecule has 0 unspecified atom stereocenters. The maximum Gasteiger partial charge on any atom is 0.281 e. The van der Waals surface area contributed by atoms with E-state index in [1.54, 1.807) is 10.7 Å². The second kappa shape index (κ2) is 8.02. The summed E-state index contributed by atoms with van der Waals surface area (Å²) >= 11 is 6.38. The molecule has 6 nitrogen and oxygen atoms in total. The Morgan fingerprint density at radius 1 is 1.03 bits per heavy atom. The summed E-state index contributed by atoms with van der Waals surface area (Å²) in [4.78, 5) is 20.8. The number of rotatable bonds is 5. The Balaban J connectivity index is 1.46. The lowest BCUT2D eigenvalue weighted by molar-refractivity contribution is 0.228. The third kappa shape index (κ3) is 3.71. The highest BCUT2D eigenvalue weighted by molar-refractivity contribution is 6.35. The number of fused-ring (bicyclic) bond motifs is 1. The molecular formula is C23H26ClN5O. The van der Waals surface area contributed by atoms with Crippen molar-refractivity contribution in [3.63, 3.8) is 0 Å². The van der Waals surface area contributed by atoms with Gasteiger partial charge in [0.25, 0.3) is 5.56 Å². The Morgan fingerprint density at radius 2 is 1.77 bits per heavy atom. The smallest absolute Gasteiger partial charge is 0.281 e. The molecule has 30 heavy (non-hydrogen) atoms. The molecule has 0 radical (unpaired) electrons. The van der Waals surface area contributed by atoms with E-state index in [0.29, 0.717) is 27.7 Å². The standard InChI is InChI=1S/C23H26ClN5O/c24-18-7-4-8-19-20(18)23(30)29(22(26-19)21(25)17-9-10-17)28-13-11-27(12-14-28)15-16-5-2-1-3-6-16/h1-8,17,21H,9-15,25H2/t21-/m0/s1. The normalized spacial score (nSPS) is 18.7. The van der Waals surface area contributed by atoms with E-state index in [1.165, 1.54) is 5.56 Å². The van der Waals surface area contributed by atoms with E-state index in [2.05, 4.69) is 34.2 Å². The number of hydrogen-bond donors (Lipinski definition) is 1. The summed E-state index contributed by atoms with van der Waals surface area (Å²) in [5.74, 6) is 1.06. The topological polar surface area (TPSA) is 67.4 Å². The van der Waals surface area contributed by atoms with Crippen LogP contribution in [0.15, 0.2) is 53.3 Å². The molecule has 2 aliphatic rings. The minimum atomic E-state index is -0.233. The number of nitrogens with zero attached hydrogens (tertiary/aromatic N) is 4. The van der Waals surface area contributed by atoms with Gasteiger partial charge in [-0.05, 0) is 36.5 Å². The molecule has 1 atom stereocenters. The average molecular weight is 424 g/mol. The predicted molar refractivity (Wildman–Crippen MR) is 120 cm³/mol. The first-order valence-electron chi connectivity index (χ1n) is 10.6. The molecule has 1 aliphatic heterocycles. The summed E-state index contributed by atoms with van der Waals surface area (Å²) in [6.45, 7) is 4.16. The highest BCUT2D eigenvalue weighted by Gasteiger charge is 2.34. The van der Waals surface area contributed by atoms with Gasteiger partial charge in [-0.2, -0.15) is 0 Å². The van der Waals surface area contributed by atoms with Crippen LogP contribution >= 0.6 is 11.6 Å². The lowest BCUT2D eigenvalue weighted by atomic mass is 10.1. The first-order valence-corrected chi connectivity index (χ1v) is 11.0. The zero-order valence-electron chi connectivity index (χ0n) is 16.9. The fraction of sp³-hybridized carbons (Fsp3) is 0.391. The van der Waals surface area contributed by atoms with E-state index in [-0.39, 0.29) is 11.6 Å². The monoisotopic (exact) mass is 423 g/mol. The van der Waals surface area contributed by atoms with Crippen LogP contribution in [0.25, 0.3) is 10.9 Å². The van der Waals surface area contributed by atoms with Crippen molar-refractivity contribution in [1.29, 1.82) is 0 Å². The predicted octanol–water partition coefficient (Wildman–Crippen LogP) is 2.91. The third-order valence-corrected chi connectivity index (χ3v) is 6.47. The van der Waals surface area contributed by atoms with E-state index >= 15 is 0 Å². The molecule has 1 aromatic heterocycles. The molecule has 7 heteroatoms. The van der Waals surface area contributed by atoms with Crippen molar-refractivity contribution >= 4 is 22.5 Å². The summed E-state index contributed by atoms with van der Waals surface area (Å²) < 4.78 is 1.72. The number of halogens is 1. The minimum Gasteiger partial charge on any atom is -0.321 e. The molecule has 2 aromatic carbocycles. The van der Waals surface area contributed by atoms with Gasteiger partial charge >= 0.3 is 0 Å². The highest BCUT2D eigenvalue weighted by Crippen LogP contribution is 2.39. The molecule has 156 valence electrons. The second-order valence-electron chi connectivity index (χ2n) is 8.30. The van der Waals surface area contributed by atoms with Crippen LogP contribution in [-0.4, -0.2) is 40.7 Å². The van der Waals surface area contributed by atoms with Crippen molar-refractivity contribution < 1.29 is 0 Å². The summed E-state index contributed by atoms with van der Waals surface area (Å²) in [5.41, 5.74) is 8.35. The van der Waals surface area contributed by atoms with Crippen LogP contribution < -0.4 is 16.3 Å². The summed E-state index contributed by atoms with van der Waals surface area (Å²) in [6, 6.07) is 15.7. The molecular weight excluding hydrogens is 398 g/mol. The Labute approximate surface area is 180 Å². The maximum absolute atomic E-state index is 13.5. The number of nitrogens with two attached hydrogens (primary N) is 1. The first kappa shape index (κ1) is 19.5. The number of piperazine rings is 1. The zero-order valence-corrected chi connectivity index (χ0v) is 17.6. The molecule has 2 N–H and O–H groups in total. The molecule has 0 amide bonds. The molecule has 5 rings (SSSR count). The molecule has 2 heterocycles. The van der Waals surface area contributed by atoms with Gasteiger partial charge in [0.05, 0.1) is 22.0 Å². The van der Waals surface area contributed by atoms with E-state index in [9.17, 15) is 4.79 Å². The lowest BCUT2D eigenvalue weighted by Crippen LogP contribution is -2.55. The van der Waals surface area contributed by atoms with Crippen LogP contribution in [0.1, 0.15) is 30.3 Å². The van der Waals surface area contributed by atoms with E-state index in [0.717, 1.165) is 45.6 Å². The molecule has 2 fully saturated rings. The fourth-order valence-corrected chi connectivity index (χ4v) is 4.54. The van der Waals surface area contributed by atoms with Crippen LogP contribution in [0.4, 0.5) is 0 Å². The molecule has 0 bridgehead atoms. The van der Waals surface area contributed by atoms with E-state index in [1.807, 2.05) is 18.2 Å². The van der Waals surface area contributed by atoms with Gasteiger partial charge < -0.3 is 10.7 Å². The van der Waals surface area contributed by atoms with Crippen LogP contribution in [0, 0.1) is 5.92 Å². The zero-order chi connectivity index (χ0) is 20.7. The highest BCUT2D eigenvalue weighted by atomic mass is 35.5. The Hall–Kier alpha value is -2.41. The van der Waals surface area contributed by atoms with Crippen LogP contribution in [0.2, 0.25) is 5.02 Å². The van der Waals surface area contributed by atoms with Crippen molar-refractivity contribution in [3.05, 3.63) is 75.3 Å².